The first-order valence-corrected chi connectivity index (χ1v) is 6.47. The van der Waals surface area contributed by atoms with Crippen molar-refractivity contribution >= 4 is 11.6 Å². The lowest BCUT2D eigenvalue weighted by Crippen LogP contribution is -2.42. The Bertz CT molecular complexity index is 619. The fraction of sp³-hybridized carbons (Fsp3) is 0.357. The smallest absolute Gasteiger partial charge is 0.298 e. The summed E-state index contributed by atoms with van der Waals surface area (Å²) in [4.78, 5) is 18.5. The summed E-state index contributed by atoms with van der Waals surface area (Å²) in [5.41, 5.74) is 2.19. The van der Waals surface area contributed by atoms with Crippen LogP contribution in [0.5, 0.6) is 0 Å². The minimum atomic E-state index is -0.135. The number of aromatic nitrogens is 3. The number of aromatic amines is 1. The molecule has 0 bridgehead atoms. The van der Waals surface area contributed by atoms with Crippen LogP contribution in [-0.2, 0) is 6.42 Å². The molecular weight excluding hydrogens is 240 g/mol. The van der Waals surface area contributed by atoms with Gasteiger partial charge in [0.1, 0.15) is 5.82 Å². The van der Waals surface area contributed by atoms with Crippen molar-refractivity contribution in [2.24, 2.45) is 0 Å². The molecule has 1 unspecified atom stereocenters. The van der Waals surface area contributed by atoms with Crippen molar-refractivity contribution in [1.82, 2.24) is 15.2 Å². The monoisotopic (exact) mass is 256 g/mol. The van der Waals surface area contributed by atoms with Gasteiger partial charge >= 0.3 is 0 Å². The van der Waals surface area contributed by atoms with E-state index in [4.69, 9.17) is 0 Å². The minimum absolute atomic E-state index is 0.135. The lowest BCUT2D eigenvalue weighted by Gasteiger charge is -2.34. The van der Waals surface area contributed by atoms with Crippen LogP contribution >= 0.6 is 0 Å². The summed E-state index contributed by atoms with van der Waals surface area (Å²) in [6.07, 6.45) is 1.97. The number of nitrogens with one attached hydrogen (secondary N) is 1. The zero-order valence-electron chi connectivity index (χ0n) is 11.1. The van der Waals surface area contributed by atoms with Crippen LogP contribution in [0.4, 0.5) is 5.69 Å². The molecule has 1 aromatic carbocycles. The highest BCUT2D eigenvalue weighted by Gasteiger charge is 2.30. The first-order valence-electron chi connectivity index (χ1n) is 6.47. The van der Waals surface area contributed by atoms with E-state index in [1.807, 2.05) is 18.2 Å². The summed E-state index contributed by atoms with van der Waals surface area (Å²) < 4.78 is 0. The number of benzene rings is 1. The molecule has 3 rings (SSSR count). The second-order valence-electron chi connectivity index (χ2n) is 4.94. The Kier molecular flexibility index (Phi) is 2.81. The molecule has 2 heterocycles. The number of carbonyl (C=O) groups excluding carboxylic acids is 1. The van der Waals surface area contributed by atoms with Crippen LogP contribution in [0, 0.1) is 6.92 Å². The molecule has 1 aromatic heterocycles. The molecule has 0 saturated carbocycles. The lowest BCUT2D eigenvalue weighted by atomic mass is 9.96. The number of aryl methyl sites for hydroxylation is 2. The molecule has 0 fully saturated rings. The molecule has 1 N–H and O–H groups in total. The Labute approximate surface area is 111 Å². The summed E-state index contributed by atoms with van der Waals surface area (Å²) in [6.45, 7) is 3.85. The van der Waals surface area contributed by atoms with Crippen molar-refractivity contribution in [2.45, 2.75) is 32.7 Å². The van der Waals surface area contributed by atoms with Crippen LogP contribution in [0.25, 0.3) is 0 Å². The second kappa shape index (κ2) is 4.50. The maximum absolute atomic E-state index is 12.6. The van der Waals surface area contributed by atoms with Gasteiger partial charge in [0, 0.05) is 11.7 Å². The highest BCUT2D eigenvalue weighted by molar-refractivity contribution is 6.04. The fourth-order valence-corrected chi connectivity index (χ4v) is 2.54. The van der Waals surface area contributed by atoms with E-state index >= 15 is 0 Å². The largest absolute Gasteiger partial charge is 0.303 e. The van der Waals surface area contributed by atoms with Crippen LogP contribution in [0.2, 0.25) is 0 Å². The van der Waals surface area contributed by atoms with Gasteiger partial charge in [-0.1, -0.05) is 18.2 Å². The Balaban J connectivity index is 2.02. The van der Waals surface area contributed by atoms with Gasteiger partial charge in [-0.3, -0.25) is 9.89 Å². The normalized spacial score (nSPS) is 18.2. The predicted octanol–water partition coefficient (Wildman–Crippen LogP) is 2.09. The van der Waals surface area contributed by atoms with E-state index in [0.717, 1.165) is 18.5 Å². The Morgan fingerprint density at radius 1 is 1.42 bits per heavy atom. The standard InChI is InChI=1S/C14H16N4O/c1-9-7-8-11-5-3-4-6-12(11)18(9)14(19)13-15-10(2)16-17-13/h3-6,9H,7-8H2,1-2H3,(H,15,16,17). The zero-order valence-corrected chi connectivity index (χ0v) is 11.1. The van der Waals surface area contributed by atoms with Crippen LogP contribution in [0.1, 0.15) is 35.4 Å². The fourth-order valence-electron chi connectivity index (χ4n) is 2.54. The summed E-state index contributed by atoms with van der Waals surface area (Å²) in [7, 11) is 0. The molecule has 0 saturated heterocycles. The maximum Gasteiger partial charge on any atom is 0.298 e. The highest BCUT2D eigenvalue weighted by atomic mass is 16.2. The third kappa shape index (κ3) is 2.01. The number of fused-ring (bicyclic) bond motifs is 1. The van der Waals surface area contributed by atoms with Crippen molar-refractivity contribution in [3.63, 3.8) is 0 Å². The van der Waals surface area contributed by atoms with E-state index in [1.165, 1.54) is 5.56 Å². The summed E-state index contributed by atoms with van der Waals surface area (Å²) in [6, 6.07) is 8.20. The molecule has 19 heavy (non-hydrogen) atoms. The molecule has 0 spiro atoms. The van der Waals surface area contributed by atoms with E-state index in [2.05, 4.69) is 28.2 Å². The molecule has 5 nitrogen and oxygen atoms in total. The van der Waals surface area contributed by atoms with Crippen LogP contribution in [0.3, 0.4) is 0 Å². The van der Waals surface area contributed by atoms with Gasteiger partial charge in [-0.2, -0.15) is 0 Å². The lowest BCUT2D eigenvalue weighted by molar-refractivity contribution is 0.0965. The second-order valence-corrected chi connectivity index (χ2v) is 4.94. The molecule has 1 aliphatic heterocycles. The van der Waals surface area contributed by atoms with Crippen molar-refractivity contribution in [3.8, 4) is 0 Å². The van der Waals surface area contributed by atoms with Gasteiger partial charge in [0.15, 0.2) is 0 Å². The molecule has 0 aliphatic carbocycles. The Morgan fingerprint density at radius 2 is 2.21 bits per heavy atom. The number of carbonyl (C=O) groups is 1. The van der Waals surface area contributed by atoms with Gasteiger partial charge in [-0.15, -0.1) is 5.10 Å². The average Bonchev–Trinajstić information content (AvgIpc) is 2.85. The van der Waals surface area contributed by atoms with E-state index in [0.29, 0.717) is 5.82 Å². The zero-order chi connectivity index (χ0) is 13.4. The number of H-pyrrole nitrogens is 1. The minimum Gasteiger partial charge on any atom is -0.303 e. The maximum atomic E-state index is 12.6. The van der Waals surface area contributed by atoms with Crippen molar-refractivity contribution in [1.29, 1.82) is 0 Å². The molecule has 98 valence electrons. The SMILES string of the molecule is Cc1nc(C(=O)N2c3ccccc3CCC2C)n[nH]1. The molecular formula is C14H16N4O. The first kappa shape index (κ1) is 11.9. The van der Waals surface area contributed by atoms with Crippen molar-refractivity contribution in [2.75, 3.05) is 4.90 Å². The molecule has 1 amide bonds. The van der Waals surface area contributed by atoms with Gasteiger partial charge in [-0.05, 0) is 38.3 Å². The highest BCUT2D eigenvalue weighted by Crippen LogP contribution is 2.31. The molecule has 1 atom stereocenters. The Morgan fingerprint density at radius 3 is 2.95 bits per heavy atom. The van der Waals surface area contributed by atoms with Gasteiger partial charge < -0.3 is 4.90 Å². The van der Waals surface area contributed by atoms with Gasteiger partial charge in [0.05, 0.1) is 0 Å². The van der Waals surface area contributed by atoms with E-state index in [9.17, 15) is 4.79 Å². The molecule has 1 aliphatic rings. The molecule has 0 radical (unpaired) electrons. The van der Waals surface area contributed by atoms with Gasteiger partial charge in [0.2, 0.25) is 5.82 Å². The topological polar surface area (TPSA) is 61.9 Å². The quantitative estimate of drug-likeness (QED) is 0.849. The van der Waals surface area contributed by atoms with Crippen molar-refractivity contribution in [3.05, 3.63) is 41.5 Å². The average molecular weight is 256 g/mol. The number of nitrogens with zero attached hydrogens (tertiary/aromatic N) is 3. The van der Waals surface area contributed by atoms with Crippen LogP contribution in [-0.4, -0.2) is 27.1 Å². The summed E-state index contributed by atoms with van der Waals surface area (Å²) >= 11 is 0. The van der Waals surface area contributed by atoms with Crippen LogP contribution in [0.15, 0.2) is 24.3 Å². The first-order chi connectivity index (χ1) is 9.16. The number of rotatable bonds is 1. The van der Waals surface area contributed by atoms with E-state index in [1.54, 1.807) is 11.8 Å². The van der Waals surface area contributed by atoms with Crippen LogP contribution < -0.4 is 4.90 Å². The Hall–Kier alpha value is -2.17. The number of hydrogen-bond donors (Lipinski definition) is 1. The number of anilines is 1. The third-order valence-corrected chi connectivity index (χ3v) is 3.53. The number of para-hydroxylation sites is 1. The molecule has 5 heteroatoms. The third-order valence-electron chi connectivity index (χ3n) is 3.53. The number of hydrogen-bond acceptors (Lipinski definition) is 3. The van der Waals surface area contributed by atoms with E-state index < -0.39 is 0 Å². The van der Waals surface area contributed by atoms with Gasteiger partial charge in [0.25, 0.3) is 5.91 Å². The van der Waals surface area contributed by atoms with E-state index in [-0.39, 0.29) is 17.8 Å². The van der Waals surface area contributed by atoms with Crippen molar-refractivity contribution < 1.29 is 4.79 Å². The summed E-state index contributed by atoms with van der Waals surface area (Å²) in [5, 5.41) is 6.69. The van der Waals surface area contributed by atoms with Gasteiger partial charge in [-0.25, -0.2) is 4.98 Å². The summed E-state index contributed by atoms with van der Waals surface area (Å²) in [5.74, 6) is 0.756. The predicted molar refractivity (Wildman–Crippen MR) is 72.2 cm³/mol. The number of amides is 1. The molecule has 2 aromatic rings.